The number of aromatic nitrogens is 2. The van der Waals surface area contributed by atoms with Crippen molar-refractivity contribution >= 4 is 11.6 Å². The van der Waals surface area contributed by atoms with Crippen molar-refractivity contribution < 1.29 is 4.74 Å². The zero-order valence-corrected chi connectivity index (χ0v) is 11.6. The van der Waals surface area contributed by atoms with Gasteiger partial charge in [0, 0.05) is 18.4 Å². The second-order valence-corrected chi connectivity index (χ2v) is 4.46. The molecular weight excluding hydrogens is 238 g/mol. The van der Waals surface area contributed by atoms with Crippen LogP contribution in [0.3, 0.4) is 0 Å². The Hall–Kier alpha value is -2.23. The van der Waals surface area contributed by atoms with Crippen LogP contribution in [-0.4, -0.2) is 16.7 Å². The molecule has 0 amide bonds. The summed E-state index contributed by atoms with van der Waals surface area (Å²) in [6.45, 7) is 8.49. The first-order valence-corrected chi connectivity index (χ1v) is 6.20. The predicted octanol–water partition coefficient (Wildman–Crippen LogP) is 3.44. The van der Waals surface area contributed by atoms with Gasteiger partial charge in [0.2, 0.25) is 5.95 Å². The maximum atomic E-state index is 5.25. The number of imidazole rings is 1. The zero-order valence-electron chi connectivity index (χ0n) is 11.6. The molecular formula is C15H19N3O. The first-order valence-electron chi connectivity index (χ1n) is 6.20. The minimum absolute atomic E-state index is 0.734. The maximum absolute atomic E-state index is 5.25. The topological polar surface area (TPSA) is 39.1 Å². The SMILES string of the molecule is C=CCn1cc(C)nc1Nc1ccc(OC)c(C)c1. The van der Waals surface area contributed by atoms with Gasteiger partial charge in [0.15, 0.2) is 0 Å². The largest absolute Gasteiger partial charge is 0.496 e. The molecule has 0 aliphatic heterocycles. The zero-order chi connectivity index (χ0) is 13.8. The van der Waals surface area contributed by atoms with E-state index in [0.717, 1.165) is 35.2 Å². The molecule has 1 aromatic heterocycles. The number of rotatable bonds is 5. The number of allylic oxidation sites excluding steroid dienone is 1. The molecule has 2 aromatic rings. The Morgan fingerprint density at radius 1 is 1.42 bits per heavy atom. The second kappa shape index (κ2) is 5.61. The van der Waals surface area contributed by atoms with E-state index in [2.05, 4.69) is 16.9 Å². The van der Waals surface area contributed by atoms with Gasteiger partial charge in [-0.05, 0) is 37.6 Å². The van der Waals surface area contributed by atoms with Crippen molar-refractivity contribution in [1.82, 2.24) is 9.55 Å². The quantitative estimate of drug-likeness (QED) is 0.834. The maximum Gasteiger partial charge on any atom is 0.207 e. The van der Waals surface area contributed by atoms with E-state index < -0.39 is 0 Å². The highest BCUT2D eigenvalue weighted by Gasteiger charge is 2.06. The first-order chi connectivity index (χ1) is 9.13. The summed E-state index contributed by atoms with van der Waals surface area (Å²) in [7, 11) is 1.68. The van der Waals surface area contributed by atoms with Crippen LogP contribution in [0.15, 0.2) is 37.1 Å². The van der Waals surface area contributed by atoms with Gasteiger partial charge < -0.3 is 14.6 Å². The predicted molar refractivity (Wildman–Crippen MR) is 78.2 cm³/mol. The van der Waals surface area contributed by atoms with E-state index in [1.807, 2.05) is 48.9 Å². The van der Waals surface area contributed by atoms with Crippen LogP contribution in [0, 0.1) is 13.8 Å². The average molecular weight is 257 g/mol. The van der Waals surface area contributed by atoms with Gasteiger partial charge in [-0.3, -0.25) is 0 Å². The van der Waals surface area contributed by atoms with Gasteiger partial charge in [0.05, 0.1) is 12.8 Å². The molecule has 0 fully saturated rings. The smallest absolute Gasteiger partial charge is 0.207 e. The molecule has 0 aliphatic carbocycles. The summed E-state index contributed by atoms with van der Waals surface area (Å²) in [5.74, 6) is 1.71. The summed E-state index contributed by atoms with van der Waals surface area (Å²) in [5.41, 5.74) is 3.06. The second-order valence-electron chi connectivity index (χ2n) is 4.46. The molecule has 0 unspecified atom stereocenters. The van der Waals surface area contributed by atoms with Gasteiger partial charge in [-0.15, -0.1) is 6.58 Å². The number of aryl methyl sites for hydroxylation is 2. The summed E-state index contributed by atoms with van der Waals surface area (Å²) in [4.78, 5) is 4.47. The van der Waals surface area contributed by atoms with Crippen LogP contribution in [0.25, 0.3) is 0 Å². The third-order valence-corrected chi connectivity index (χ3v) is 2.87. The molecule has 0 radical (unpaired) electrons. The lowest BCUT2D eigenvalue weighted by Crippen LogP contribution is -2.02. The van der Waals surface area contributed by atoms with E-state index in [0.29, 0.717) is 0 Å². The third-order valence-electron chi connectivity index (χ3n) is 2.87. The Morgan fingerprint density at radius 2 is 2.21 bits per heavy atom. The van der Waals surface area contributed by atoms with Gasteiger partial charge >= 0.3 is 0 Å². The molecule has 0 atom stereocenters. The average Bonchev–Trinajstić information content (AvgIpc) is 2.70. The first kappa shape index (κ1) is 13.2. The van der Waals surface area contributed by atoms with Gasteiger partial charge in [-0.1, -0.05) is 6.08 Å². The summed E-state index contributed by atoms with van der Waals surface area (Å²) < 4.78 is 7.28. The Labute approximate surface area is 113 Å². The highest BCUT2D eigenvalue weighted by molar-refractivity contribution is 5.57. The Morgan fingerprint density at radius 3 is 2.84 bits per heavy atom. The van der Waals surface area contributed by atoms with Crippen LogP contribution in [0.4, 0.5) is 11.6 Å². The Balaban J connectivity index is 2.25. The van der Waals surface area contributed by atoms with Crippen LogP contribution >= 0.6 is 0 Å². The minimum Gasteiger partial charge on any atom is -0.496 e. The van der Waals surface area contributed by atoms with Crippen molar-refractivity contribution in [2.75, 3.05) is 12.4 Å². The van der Waals surface area contributed by atoms with Crippen molar-refractivity contribution in [3.63, 3.8) is 0 Å². The van der Waals surface area contributed by atoms with E-state index in [1.165, 1.54) is 0 Å². The fourth-order valence-corrected chi connectivity index (χ4v) is 2.01. The van der Waals surface area contributed by atoms with E-state index >= 15 is 0 Å². The monoisotopic (exact) mass is 257 g/mol. The van der Waals surface area contributed by atoms with Crippen LogP contribution in [0.2, 0.25) is 0 Å². The molecule has 1 heterocycles. The van der Waals surface area contributed by atoms with Crippen LogP contribution in [-0.2, 0) is 6.54 Å². The molecule has 4 heteroatoms. The fraction of sp³-hybridized carbons (Fsp3) is 0.267. The molecule has 100 valence electrons. The molecule has 0 aliphatic rings. The molecule has 19 heavy (non-hydrogen) atoms. The lowest BCUT2D eigenvalue weighted by molar-refractivity contribution is 0.412. The van der Waals surface area contributed by atoms with Crippen molar-refractivity contribution in [3.8, 4) is 5.75 Å². The fourth-order valence-electron chi connectivity index (χ4n) is 2.01. The number of hydrogen-bond donors (Lipinski definition) is 1. The van der Waals surface area contributed by atoms with E-state index in [1.54, 1.807) is 7.11 Å². The van der Waals surface area contributed by atoms with E-state index in [9.17, 15) is 0 Å². The molecule has 0 spiro atoms. The van der Waals surface area contributed by atoms with Crippen LogP contribution < -0.4 is 10.1 Å². The number of nitrogens with one attached hydrogen (secondary N) is 1. The lowest BCUT2D eigenvalue weighted by atomic mass is 10.2. The normalized spacial score (nSPS) is 10.3. The van der Waals surface area contributed by atoms with Gasteiger partial charge in [0.1, 0.15) is 5.75 Å². The van der Waals surface area contributed by atoms with Gasteiger partial charge in [0.25, 0.3) is 0 Å². The molecule has 4 nitrogen and oxygen atoms in total. The summed E-state index contributed by atoms with van der Waals surface area (Å²) >= 11 is 0. The minimum atomic E-state index is 0.734. The summed E-state index contributed by atoms with van der Waals surface area (Å²) in [6, 6.07) is 5.97. The number of ether oxygens (including phenoxy) is 1. The Bertz CT molecular complexity index is 587. The van der Waals surface area contributed by atoms with E-state index in [4.69, 9.17) is 4.74 Å². The molecule has 0 saturated carbocycles. The van der Waals surface area contributed by atoms with Gasteiger partial charge in [-0.2, -0.15) is 0 Å². The number of methoxy groups -OCH3 is 1. The van der Waals surface area contributed by atoms with Crippen molar-refractivity contribution in [2.24, 2.45) is 0 Å². The number of benzene rings is 1. The number of anilines is 2. The highest BCUT2D eigenvalue weighted by Crippen LogP contribution is 2.24. The molecule has 1 aromatic carbocycles. The van der Waals surface area contributed by atoms with Crippen LogP contribution in [0.5, 0.6) is 5.75 Å². The van der Waals surface area contributed by atoms with Crippen LogP contribution in [0.1, 0.15) is 11.3 Å². The highest BCUT2D eigenvalue weighted by atomic mass is 16.5. The summed E-state index contributed by atoms with van der Waals surface area (Å²) in [5, 5.41) is 3.32. The molecule has 2 rings (SSSR count). The number of hydrogen-bond acceptors (Lipinski definition) is 3. The lowest BCUT2D eigenvalue weighted by Gasteiger charge is -2.10. The standard InChI is InChI=1S/C15H19N3O/c1-5-8-18-10-12(3)16-15(18)17-13-6-7-14(19-4)11(2)9-13/h5-7,9-10H,1,8H2,2-4H3,(H,16,17). The van der Waals surface area contributed by atoms with Crippen molar-refractivity contribution in [3.05, 3.63) is 48.3 Å². The summed E-state index contributed by atoms with van der Waals surface area (Å²) in [6.07, 6.45) is 3.85. The molecule has 0 bridgehead atoms. The van der Waals surface area contributed by atoms with E-state index in [-0.39, 0.29) is 0 Å². The van der Waals surface area contributed by atoms with Crippen molar-refractivity contribution in [2.45, 2.75) is 20.4 Å². The van der Waals surface area contributed by atoms with Gasteiger partial charge in [-0.25, -0.2) is 4.98 Å². The van der Waals surface area contributed by atoms with Crippen molar-refractivity contribution in [1.29, 1.82) is 0 Å². The molecule has 0 saturated heterocycles. The molecule has 1 N–H and O–H groups in total. The third kappa shape index (κ3) is 2.96. The number of nitrogens with zero attached hydrogens (tertiary/aromatic N) is 2. The Kier molecular flexibility index (Phi) is 3.90.